The van der Waals surface area contributed by atoms with Gasteiger partial charge in [-0.25, -0.2) is 9.97 Å². The molecule has 0 amide bonds. The Kier molecular flexibility index (Phi) is 5.56. The number of aromatic nitrogens is 2. The highest BCUT2D eigenvalue weighted by Gasteiger charge is 2.07. The molecule has 0 aromatic carbocycles. The fourth-order valence-corrected chi connectivity index (χ4v) is 1.59. The minimum atomic E-state index is 0.752. The average molecular weight is 245 g/mol. The van der Waals surface area contributed by atoms with Gasteiger partial charge in [0.15, 0.2) is 0 Å². The Morgan fingerprint density at radius 3 is 2.67 bits per heavy atom. The molecule has 98 valence electrons. The Labute approximate surface area is 110 Å². The molecule has 0 fully saturated rings. The highest BCUT2D eigenvalue weighted by Crippen LogP contribution is 2.15. The predicted molar refractivity (Wildman–Crippen MR) is 77.6 cm³/mol. The summed E-state index contributed by atoms with van der Waals surface area (Å²) in [6, 6.07) is 1.96. The van der Waals surface area contributed by atoms with Gasteiger partial charge in [0.1, 0.15) is 0 Å². The zero-order chi connectivity index (χ0) is 13.5. The van der Waals surface area contributed by atoms with Gasteiger partial charge in [-0.15, -0.1) is 0 Å². The molecule has 0 N–H and O–H groups in total. The molecule has 0 spiro atoms. The molecular weight excluding hydrogens is 222 g/mol. The Balaban J connectivity index is 3.00. The van der Waals surface area contributed by atoms with E-state index >= 15 is 0 Å². The average Bonchev–Trinajstić information content (AvgIpc) is 2.43. The third kappa shape index (κ3) is 3.69. The van der Waals surface area contributed by atoms with Crippen molar-refractivity contribution >= 4 is 5.95 Å². The number of allylic oxidation sites excluding steroid dienone is 3. The molecule has 1 aromatic rings. The lowest BCUT2D eigenvalue weighted by molar-refractivity contribution is 0.940. The van der Waals surface area contributed by atoms with Gasteiger partial charge in [0.25, 0.3) is 0 Å². The van der Waals surface area contributed by atoms with Gasteiger partial charge in [-0.1, -0.05) is 25.5 Å². The minimum absolute atomic E-state index is 0.752. The summed E-state index contributed by atoms with van der Waals surface area (Å²) in [7, 11) is 2.00. The van der Waals surface area contributed by atoms with Crippen molar-refractivity contribution < 1.29 is 0 Å². The van der Waals surface area contributed by atoms with Crippen LogP contribution in [0, 0.1) is 0 Å². The first-order chi connectivity index (χ1) is 8.62. The monoisotopic (exact) mass is 245 g/mol. The summed E-state index contributed by atoms with van der Waals surface area (Å²) in [6.07, 6.45) is 8.07. The van der Waals surface area contributed by atoms with E-state index in [1.807, 2.05) is 31.1 Å². The number of likely N-dealkylation sites (N-methyl/N-ethyl adjacent to an activating group) is 1. The molecule has 3 nitrogen and oxygen atoms in total. The summed E-state index contributed by atoms with van der Waals surface area (Å²) in [5, 5.41) is 0. The second-order valence-electron chi connectivity index (χ2n) is 4.32. The van der Waals surface area contributed by atoms with Crippen LogP contribution in [0.3, 0.4) is 0 Å². The van der Waals surface area contributed by atoms with Crippen LogP contribution in [0.25, 0.3) is 0 Å². The lowest BCUT2D eigenvalue weighted by Crippen LogP contribution is -2.18. The zero-order valence-electron chi connectivity index (χ0n) is 12.1. The topological polar surface area (TPSA) is 29.0 Å². The summed E-state index contributed by atoms with van der Waals surface area (Å²) in [6.45, 7) is 8.44. The first-order valence-electron chi connectivity index (χ1n) is 6.51. The molecule has 0 unspecified atom stereocenters. The summed E-state index contributed by atoms with van der Waals surface area (Å²) in [4.78, 5) is 10.9. The van der Waals surface area contributed by atoms with Gasteiger partial charge < -0.3 is 4.90 Å². The van der Waals surface area contributed by atoms with E-state index in [-0.39, 0.29) is 0 Å². The minimum Gasteiger partial charge on any atom is -0.314 e. The van der Waals surface area contributed by atoms with Crippen LogP contribution in [-0.4, -0.2) is 17.0 Å². The Bertz CT molecular complexity index is 447. The van der Waals surface area contributed by atoms with Gasteiger partial charge in [-0.2, -0.15) is 0 Å². The van der Waals surface area contributed by atoms with Crippen molar-refractivity contribution in [3.8, 4) is 0 Å². The number of nitrogens with zero attached hydrogens (tertiary/aromatic N) is 3. The number of aryl methyl sites for hydroxylation is 1. The molecule has 0 saturated heterocycles. The fraction of sp³-hybridized carbons (Fsp3) is 0.467. The zero-order valence-corrected chi connectivity index (χ0v) is 12.1. The van der Waals surface area contributed by atoms with Crippen molar-refractivity contribution in [2.75, 3.05) is 11.9 Å². The van der Waals surface area contributed by atoms with Crippen LogP contribution >= 0.6 is 0 Å². The Morgan fingerprint density at radius 1 is 1.39 bits per heavy atom. The van der Waals surface area contributed by atoms with Crippen molar-refractivity contribution in [1.82, 2.24) is 9.97 Å². The smallest absolute Gasteiger partial charge is 0.229 e. The maximum Gasteiger partial charge on any atom is 0.229 e. The van der Waals surface area contributed by atoms with Crippen molar-refractivity contribution in [3.63, 3.8) is 0 Å². The third-order valence-electron chi connectivity index (χ3n) is 3.00. The van der Waals surface area contributed by atoms with E-state index in [4.69, 9.17) is 0 Å². The van der Waals surface area contributed by atoms with Gasteiger partial charge >= 0.3 is 0 Å². The van der Waals surface area contributed by atoms with Crippen LogP contribution in [-0.2, 0) is 6.42 Å². The molecule has 1 rings (SSSR count). The predicted octanol–water partition coefficient (Wildman–Crippen LogP) is 3.74. The van der Waals surface area contributed by atoms with Crippen molar-refractivity contribution in [3.05, 3.63) is 41.4 Å². The van der Waals surface area contributed by atoms with Crippen LogP contribution in [0.2, 0.25) is 0 Å². The van der Waals surface area contributed by atoms with E-state index in [1.165, 1.54) is 5.57 Å². The third-order valence-corrected chi connectivity index (χ3v) is 3.00. The quantitative estimate of drug-likeness (QED) is 0.740. The standard InChI is InChI=1S/C15H23N3/c1-6-12(4)11-14(8-3)18(5)15-16-10-9-13(7-2)17-15/h8-11H,6-7H2,1-5H3. The maximum absolute atomic E-state index is 4.54. The van der Waals surface area contributed by atoms with E-state index in [1.54, 1.807) is 0 Å². The second-order valence-corrected chi connectivity index (χ2v) is 4.32. The molecule has 1 aromatic heterocycles. The molecule has 18 heavy (non-hydrogen) atoms. The Hall–Kier alpha value is -1.64. The summed E-state index contributed by atoms with van der Waals surface area (Å²) < 4.78 is 0. The summed E-state index contributed by atoms with van der Waals surface area (Å²) >= 11 is 0. The van der Waals surface area contributed by atoms with E-state index in [2.05, 4.69) is 42.9 Å². The normalized spacial score (nSPS) is 12.7. The lowest BCUT2D eigenvalue weighted by atomic mass is 10.2. The molecule has 0 bridgehead atoms. The first-order valence-corrected chi connectivity index (χ1v) is 6.51. The second kappa shape index (κ2) is 6.94. The molecule has 0 radical (unpaired) electrons. The number of hydrogen-bond donors (Lipinski definition) is 0. The molecule has 0 aliphatic rings. The van der Waals surface area contributed by atoms with E-state index in [0.29, 0.717) is 0 Å². The largest absolute Gasteiger partial charge is 0.314 e. The molecule has 1 heterocycles. The number of rotatable bonds is 5. The molecule has 0 aliphatic carbocycles. The van der Waals surface area contributed by atoms with Crippen molar-refractivity contribution in [2.24, 2.45) is 0 Å². The van der Waals surface area contributed by atoms with Crippen LogP contribution in [0.1, 0.15) is 39.8 Å². The van der Waals surface area contributed by atoms with Gasteiger partial charge in [0, 0.05) is 24.6 Å². The van der Waals surface area contributed by atoms with E-state index in [0.717, 1.165) is 30.2 Å². The van der Waals surface area contributed by atoms with E-state index in [9.17, 15) is 0 Å². The van der Waals surface area contributed by atoms with Crippen LogP contribution in [0.4, 0.5) is 5.95 Å². The maximum atomic E-state index is 4.54. The summed E-state index contributed by atoms with van der Waals surface area (Å²) in [5.74, 6) is 0.752. The molecule has 3 heteroatoms. The van der Waals surface area contributed by atoms with Crippen LogP contribution in [0.15, 0.2) is 35.7 Å². The molecule has 0 atom stereocenters. The SMILES string of the molecule is CC=C(C=C(C)CC)N(C)c1nccc(CC)n1. The molecular formula is C15H23N3. The van der Waals surface area contributed by atoms with E-state index < -0.39 is 0 Å². The highest BCUT2D eigenvalue weighted by atomic mass is 15.2. The van der Waals surface area contributed by atoms with Gasteiger partial charge in [0.05, 0.1) is 0 Å². The molecule has 0 aliphatic heterocycles. The number of anilines is 1. The summed E-state index contributed by atoms with van der Waals surface area (Å²) in [5.41, 5.74) is 3.54. The molecule has 0 saturated carbocycles. The fourth-order valence-electron chi connectivity index (χ4n) is 1.59. The van der Waals surface area contributed by atoms with Gasteiger partial charge in [-0.05, 0) is 38.8 Å². The van der Waals surface area contributed by atoms with Crippen LogP contribution < -0.4 is 4.90 Å². The lowest BCUT2D eigenvalue weighted by Gasteiger charge is -2.19. The van der Waals surface area contributed by atoms with Crippen molar-refractivity contribution in [1.29, 1.82) is 0 Å². The van der Waals surface area contributed by atoms with Gasteiger partial charge in [0.2, 0.25) is 5.95 Å². The first kappa shape index (κ1) is 14.4. The Morgan fingerprint density at radius 2 is 2.11 bits per heavy atom. The van der Waals surface area contributed by atoms with Crippen molar-refractivity contribution in [2.45, 2.75) is 40.5 Å². The number of hydrogen-bond acceptors (Lipinski definition) is 3. The highest BCUT2D eigenvalue weighted by molar-refractivity contribution is 5.44. The van der Waals surface area contributed by atoms with Gasteiger partial charge in [-0.3, -0.25) is 0 Å². The van der Waals surface area contributed by atoms with Crippen LogP contribution in [0.5, 0.6) is 0 Å².